The molecule has 2 aromatic rings. The minimum absolute atomic E-state index is 0.0463. The average molecular weight is 325 g/mol. The van der Waals surface area contributed by atoms with Gasteiger partial charge in [0.1, 0.15) is 5.69 Å². The van der Waals surface area contributed by atoms with Gasteiger partial charge in [0.05, 0.1) is 16.3 Å². The van der Waals surface area contributed by atoms with Gasteiger partial charge in [-0.05, 0) is 24.3 Å². The van der Waals surface area contributed by atoms with E-state index in [2.05, 4.69) is 10.3 Å². The summed E-state index contributed by atoms with van der Waals surface area (Å²) < 4.78 is 24.0. The standard InChI is InChI=1S/C14H13ClN2O3S/c1-2-21(19,20)13-6-4-3-5-11(13)17-14(18)12-9-10(15)7-8-16-12/h3-9H,2H2,1H3,(H,17,18). The molecule has 0 aliphatic rings. The number of sulfone groups is 1. The molecule has 2 rings (SSSR count). The van der Waals surface area contributed by atoms with Gasteiger partial charge in [-0.1, -0.05) is 30.7 Å². The topological polar surface area (TPSA) is 76.1 Å². The molecule has 0 bridgehead atoms. The zero-order chi connectivity index (χ0) is 15.5. The monoisotopic (exact) mass is 324 g/mol. The molecule has 1 aromatic heterocycles. The third kappa shape index (κ3) is 3.59. The second-order valence-electron chi connectivity index (χ2n) is 4.21. The minimum atomic E-state index is -3.43. The number of pyridine rings is 1. The molecule has 0 spiro atoms. The van der Waals surface area contributed by atoms with Crippen LogP contribution in [0, 0.1) is 0 Å². The molecule has 7 heteroatoms. The lowest BCUT2D eigenvalue weighted by Crippen LogP contribution is -2.16. The van der Waals surface area contributed by atoms with Gasteiger partial charge in [0.15, 0.2) is 9.84 Å². The molecule has 0 saturated carbocycles. The number of carbonyl (C=O) groups excluding carboxylic acids is 1. The van der Waals surface area contributed by atoms with E-state index in [0.717, 1.165) is 0 Å². The predicted octanol–water partition coefficient (Wildman–Crippen LogP) is 2.78. The van der Waals surface area contributed by atoms with Crippen LogP contribution in [0.25, 0.3) is 0 Å². The van der Waals surface area contributed by atoms with Crippen LogP contribution in [0.3, 0.4) is 0 Å². The van der Waals surface area contributed by atoms with E-state index in [-0.39, 0.29) is 22.0 Å². The molecule has 0 radical (unpaired) electrons. The van der Waals surface area contributed by atoms with Crippen molar-refractivity contribution in [2.24, 2.45) is 0 Å². The number of benzene rings is 1. The van der Waals surface area contributed by atoms with Crippen molar-refractivity contribution in [2.75, 3.05) is 11.1 Å². The Morgan fingerprint density at radius 2 is 2.00 bits per heavy atom. The van der Waals surface area contributed by atoms with E-state index in [1.165, 1.54) is 24.4 Å². The lowest BCUT2D eigenvalue weighted by atomic mass is 10.3. The van der Waals surface area contributed by atoms with Gasteiger partial charge in [-0.3, -0.25) is 9.78 Å². The van der Waals surface area contributed by atoms with E-state index < -0.39 is 15.7 Å². The average Bonchev–Trinajstić information content (AvgIpc) is 2.47. The van der Waals surface area contributed by atoms with Crippen molar-refractivity contribution in [2.45, 2.75) is 11.8 Å². The highest BCUT2D eigenvalue weighted by Gasteiger charge is 2.18. The quantitative estimate of drug-likeness (QED) is 0.938. The fraction of sp³-hybridized carbons (Fsp3) is 0.143. The summed E-state index contributed by atoms with van der Waals surface area (Å²) in [6.45, 7) is 1.55. The van der Waals surface area contributed by atoms with E-state index in [1.54, 1.807) is 25.1 Å². The van der Waals surface area contributed by atoms with Crippen LogP contribution in [0.1, 0.15) is 17.4 Å². The molecular weight excluding hydrogens is 312 g/mol. The summed E-state index contributed by atoms with van der Waals surface area (Å²) >= 11 is 5.80. The zero-order valence-electron chi connectivity index (χ0n) is 11.2. The van der Waals surface area contributed by atoms with E-state index in [1.807, 2.05) is 0 Å². The maximum absolute atomic E-state index is 12.1. The van der Waals surface area contributed by atoms with Crippen LogP contribution in [-0.2, 0) is 9.84 Å². The Labute approximate surface area is 127 Å². The first-order valence-electron chi connectivity index (χ1n) is 6.18. The predicted molar refractivity (Wildman–Crippen MR) is 81.4 cm³/mol. The molecule has 0 aliphatic carbocycles. The fourth-order valence-corrected chi connectivity index (χ4v) is 2.92. The Balaban J connectivity index is 2.35. The summed E-state index contributed by atoms with van der Waals surface area (Å²) in [6.07, 6.45) is 1.41. The van der Waals surface area contributed by atoms with Crippen LogP contribution in [0.5, 0.6) is 0 Å². The number of rotatable bonds is 4. The molecule has 5 nitrogen and oxygen atoms in total. The zero-order valence-corrected chi connectivity index (χ0v) is 12.8. The number of amides is 1. The smallest absolute Gasteiger partial charge is 0.274 e. The summed E-state index contributed by atoms with van der Waals surface area (Å²) in [5.74, 6) is -0.564. The van der Waals surface area contributed by atoms with Crippen molar-refractivity contribution in [3.63, 3.8) is 0 Å². The maximum Gasteiger partial charge on any atom is 0.274 e. The summed E-state index contributed by atoms with van der Waals surface area (Å²) in [7, 11) is -3.43. The number of nitrogens with one attached hydrogen (secondary N) is 1. The SMILES string of the molecule is CCS(=O)(=O)c1ccccc1NC(=O)c1cc(Cl)ccn1. The number of anilines is 1. The molecule has 0 atom stereocenters. The molecule has 110 valence electrons. The maximum atomic E-state index is 12.1. The van der Waals surface area contributed by atoms with Gasteiger partial charge >= 0.3 is 0 Å². The van der Waals surface area contributed by atoms with Crippen LogP contribution in [0.2, 0.25) is 5.02 Å². The number of aromatic nitrogens is 1. The third-order valence-electron chi connectivity index (χ3n) is 2.80. The molecule has 21 heavy (non-hydrogen) atoms. The Kier molecular flexibility index (Phi) is 4.59. The normalized spacial score (nSPS) is 11.1. The van der Waals surface area contributed by atoms with E-state index >= 15 is 0 Å². The third-order valence-corrected chi connectivity index (χ3v) is 4.83. The molecule has 0 aliphatic heterocycles. The second kappa shape index (κ2) is 6.24. The van der Waals surface area contributed by atoms with Gasteiger partial charge < -0.3 is 5.32 Å². The summed E-state index contributed by atoms with van der Waals surface area (Å²) in [5, 5.41) is 2.93. The van der Waals surface area contributed by atoms with Crippen molar-refractivity contribution in [3.8, 4) is 0 Å². The molecule has 1 aromatic carbocycles. The second-order valence-corrected chi connectivity index (χ2v) is 6.90. The number of para-hydroxylation sites is 1. The Hall–Kier alpha value is -1.92. The highest BCUT2D eigenvalue weighted by atomic mass is 35.5. The van der Waals surface area contributed by atoms with Crippen molar-refractivity contribution in [1.29, 1.82) is 0 Å². The highest BCUT2D eigenvalue weighted by molar-refractivity contribution is 7.91. The van der Waals surface area contributed by atoms with Crippen LogP contribution in [0.15, 0.2) is 47.5 Å². The Morgan fingerprint density at radius 1 is 1.29 bits per heavy atom. The Bertz CT molecular complexity index is 775. The first-order chi connectivity index (χ1) is 9.94. The number of nitrogens with zero attached hydrogens (tertiary/aromatic N) is 1. The van der Waals surface area contributed by atoms with Crippen molar-refractivity contribution >= 4 is 33.0 Å². The molecule has 0 fully saturated rings. The number of hydrogen-bond donors (Lipinski definition) is 1. The van der Waals surface area contributed by atoms with Crippen LogP contribution in [-0.4, -0.2) is 25.1 Å². The van der Waals surface area contributed by atoms with E-state index in [4.69, 9.17) is 11.6 Å². The molecule has 0 unspecified atom stereocenters. The fourth-order valence-electron chi connectivity index (χ4n) is 1.71. The summed E-state index contributed by atoms with van der Waals surface area (Å²) in [5.41, 5.74) is 0.345. The summed E-state index contributed by atoms with van der Waals surface area (Å²) in [6, 6.07) is 9.21. The van der Waals surface area contributed by atoms with Crippen molar-refractivity contribution in [1.82, 2.24) is 4.98 Å². The summed E-state index contributed by atoms with van der Waals surface area (Å²) in [4.78, 5) is 16.1. The van der Waals surface area contributed by atoms with Gasteiger partial charge in [-0.2, -0.15) is 0 Å². The van der Waals surface area contributed by atoms with E-state index in [9.17, 15) is 13.2 Å². The van der Waals surface area contributed by atoms with Gasteiger partial charge in [0.2, 0.25) is 0 Å². The Morgan fingerprint density at radius 3 is 2.67 bits per heavy atom. The van der Waals surface area contributed by atoms with Crippen molar-refractivity contribution in [3.05, 3.63) is 53.3 Å². The highest BCUT2D eigenvalue weighted by Crippen LogP contribution is 2.22. The number of hydrogen-bond acceptors (Lipinski definition) is 4. The first-order valence-corrected chi connectivity index (χ1v) is 8.22. The van der Waals surface area contributed by atoms with E-state index in [0.29, 0.717) is 5.02 Å². The first kappa shape index (κ1) is 15.5. The van der Waals surface area contributed by atoms with Gasteiger partial charge in [0, 0.05) is 11.2 Å². The minimum Gasteiger partial charge on any atom is -0.319 e. The van der Waals surface area contributed by atoms with Gasteiger partial charge in [-0.15, -0.1) is 0 Å². The number of halogens is 1. The molecule has 1 heterocycles. The van der Waals surface area contributed by atoms with Crippen LogP contribution in [0.4, 0.5) is 5.69 Å². The van der Waals surface area contributed by atoms with Crippen molar-refractivity contribution < 1.29 is 13.2 Å². The van der Waals surface area contributed by atoms with Gasteiger partial charge in [-0.25, -0.2) is 8.42 Å². The largest absolute Gasteiger partial charge is 0.319 e. The lowest BCUT2D eigenvalue weighted by Gasteiger charge is -2.10. The molecule has 1 amide bonds. The molecular formula is C14H13ClN2O3S. The van der Waals surface area contributed by atoms with Gasteiger partial charge in [0.25, 0.3) is 5.91 Å². The molecule has 0 saturated heterocycles. The molecule has 1 N–H and O–H groups in total. The number of carbonyl (C=O) groups is 1. The van der Waals surface area contributed by atoms with Crippen LogP contribution >= 0.6 is 11.6 Å². The lowest BCUT2D eigenvalue weighted by molar-refractivity contribution is 0.102. The van der Waals surface area contributed by atoms with Crippen LogP contribution < -0.4 is 5.32 Å².